The summed E-state index contributed by atoms with van der Waals surface area (Å²) in [5.74, 6) is 0.568. The molecular formula is C11H13N5O. The second-order valence-electron chi connectivity index (χ2n) is 3.89. The van der Waals surface area contributed by atoms with E-state index in [-0.39, 0.29) is 5.91 Å². The highest BCUT2D eigenvalue weighted by atomic mass is 16.1. The monoisotopic (exact) mass is 231 g/mol. The molecule has 0 aromatic carbocycles. The fourth-order valence-electron chi connectivity index (χ4n) is 1.72. The zero-order valence-electron chi connectivity index (χ0n) is 9.60. The standard InChI is InChI=1S/C11H13N5O/c1-8-6-9(7-12)15-11(14-8)16-4-2-10(17)13-3-5-16/h6H,2-5H2,1H3,(H,13,17). The van der Waals surface area contributed by atoms with Crippen LogP contribution in [0.2, 0.25) is 0 Å². The topological polar surface area (TPSA) is 81.9 Å². The lowest BCUT2D eigenvalue weighted by Crippen LogP contribution is -2.30. The fraction of sp³-hybridized carbons (Fsp3) is 0.455. The van der Waals surface area contributed by atoms with Crippen molar-refractivity contribution in [2.75, 3.05) is 24.5 Å². The predicted octanol–water partition coefficient (Wildman–Crippen LogP) is -0.0170. The Kier molecular flexibility index (Phi) is 3.19. The molecule has 0 atom stereocenters. The molecular weight excluding hydrogens is 218 g/mol. The minimum absolute atomic E-state index is 0.0423. The number of rotatable bonds is 1. The van der Waals surface area contributed by atoms with Crippen molar-refractivity contribution < 1.29 is 4.79 Å². The highest BCUT2D eigenvalue weighted by molar-refractivity contribution is 5.77. The number of aromatic nitrogens is 2. The largest absolute Gasteiger partial charge is 0.354 e. The number of hydrogen-bond donors (Lipinski definition) is 1. The van der Waals surface area contributed by atoms with Gasteiger partial charge in [0, 0.05) is 31.7 Å². The summed E-state index contributed by atoms with van der Waals surface area (Å²) in [4.78, 5) is 21.6. The average molecular weight is 231 g/mol. The molecule has 0 bridgehead atoms. The molecule has 0 spiro atoms. The first-order valence-electron chi connectivity index (χ1n) is 5.46. The van der Waals surface area contributed by atoms with E-state index >= 15 is 0 Å². The van der Waals surface area contributed by atoms with Gasteiger partial charge in [-0.25, -0.2) is 9.97 Å². The highest BCUT2D eigenvalue weighted by Gasteiger charge is 2.16. The second kappa shape index (κ2) is 4.78. The van der Waals surface area contributed by atoms with E-state index in [1.54, 1.807) is 6.07 Å². The van der Waals surface area contributed by atoms with Gasteiger partial charge in [0.2, 0.25) is 11.9 Å². The second-order valence-corrected chi connectivity index (χ2v) is 3.89. The molecule has 0 unspecified atom stereocenters. The van der Waals surface area contributed by atoms with Crippen LogP contribution in [0.15, 0.2) is 6.07 Å². The molecule has 0 aliphatic carbocycles. The molecule has 1 aromatic rings. The molecule has 6 heteroatoms. The number of amides is 1. The lowest BCUT2D eigenvalue weighted by atomic mass is 10.3. The molecule has 2 heterocycles. The van der Waals surface area contributed by atoms with Gasteiger partial charge in [-0.3, -0.25) is 4.79 Å². The van der Waals surface area contributed by atoms with Crippen molar-refractivity contribution in [3.63, 3.8) is 0 Å². The van der Waals surface area contributed by atoms with Crippen molar-refractivity contribution in [1.29, 1.82) is 5.26 Å². The highest BCUT2D eigenvalue weighted by Crippen LogP contribution is 2.11. The lowest BCUT2D eigenvalue weighted by Gasteiger charge is -2.19. The van der Waals surface area contributed by atoms with E-state index in [2.05, 4.69) is 15.3 Å². The van der Waals surface area contributed by atoms with Crippen molar-refractivity contribution in [3.8, 4) is 6.07 Å². The number of anilines is 1. The van der Waals surface area contributed by atoms with E-state index in [1.165, 1.54) is 0 Å². The van der Waals surface area contributed by atoms with E-state index < -0.39 is 0 Å². The van der Waals surface area contributed by atoms with Gasteiger partial charge in [0.15, 0.2) is 0 Å². The van der Waals surface area contributed by atoms with Crippen molar-refractivity contribution in [2.24, 2.45) is 0 Å². The Labute approximate surface area is 99.3 Å². The Morgan fingerprint density at radius 2 is 2.29 bits per heavy atom. The molecule has 1 N–H and O–H groups in total. The third-order valence-corrected chi connectivity index (χ3v) is 2.55. The number of carbonyl (C=O) groups excluding carboxylic acids is 1. The predicted molar refractivity (Wildman–Crippen MR) is 61.3 cm³/mol. The molecule has 88 valence electrons. The first-order chi connectivity index (χ1) is 8.19. The van der Waals surface area contributed by atoms with Gasteiger partial charge in [-0.15, -0.1) is 0 Å². The third kappa shape index (κ3) is 2.69. The van der Waals surface area contributed by atoms with Crippen LogP contribution in [0.3, 0.4) is 0 Å². The van der Waals surface area contributed by atoms with Gasteiger partial charge in [0.1, 0.15) is 11.8 Å². The number of hydrogen-bond acceptors (Lipinski definition) is 5. The summed E-state index contributed by atoms with van der Waals surface area (Å²) in [6.45, 7) is 3.66. The van der Waals surface area contributed by atoms with Crippen LogP contribution in [-0.2, 0) is 4.79 Å². The summed E-state index contributed by atoms with van der Waals surface area (Å²) in [6, 6.07) is 3.65. The third-order valence-electron chi connectivity index (χ3n) is 2.55. The first-order valence-corrected chi connectivity index (χ1v) is 5.46. The number of carbonyl (C=O) groups is 1. The Hall–Kier alpha value is -2.16. The smallest absolute Gasteiger partial charge is 0.226 e. The Morgan fingerprint density at radius 1 is 1.47 bits per heavy atom. The van der Waals surface area contributed by atoms with Crippen LogP contribution in [0.4, 0.5) is 5.95 Å². The van der Waals surface area contributed by atoms with Crippen LogP contribution in [0.5, 0.6) is 0 Å². The van der Waals surface area contributed by atoms with E-state index in [9.17, 15) is 4.79 Å². The maximum absolute atomic E-state index is 11.2. The van der Waals surface area contributed by atoms with Gasteiger partial charge >= 0.3 is 0 Å². The van der Waals surface area contributed by atoms with Crippen LogP contribution in [0.25, 0.3) is 0 Å². The van der Waals surface area contributed by atoms with E-state index in [4.69, 9.17) is 5.26 Å². The molecule has 0 radical (unpaired) electrons. The zero-order valence-corrected chi connectivity index (χ0v) is 9.60. The van der Waals surface area contributed by atoms with Crippen molar-refractivity contribution >= 4 is 11.9 Å². The summed E-state index contributed by atoms with van der Waals surface area (Å²) < 4.78 is 0. The lowest BCUT2D eigenvalue weighted by molar-refractivity contribution is -0.120. The molecule has 1 fully saturated rings. The average Bonchev–Trinajstić information content (AvgIpc) is 2.53. The Balaban J connectivity index is 2.24. The summed E-state index contributed by atoms with van der Waals surface area (Å²) in [5.41, 5.74) is 1.12. The molecule has 1 aliphatic rings. The number of nitriles is 1. The molecule has 0 saturated carbocycles. The van der Waals surface area contributed by atoms with Gasteiger partial charge in [0.25, 0.3) is 0 Å². The Morgan fingerprint density at radius 3 is 3.06 bits per heavy atom. The van der Waals surface area contributed by atoms with Crippen LogP contribution >= 0.6 is 0 Å². The van der Waals surface area contributed by atoms with Gasteiger partial charge in [-0.2, -0.15) is 5.26 Å². The van der Waals surface area contributed by atoms with Gasteiger partial charge in [0.05, 0.1) is 0 Å². The van der Waals surface area contributed by atoms with Gasteiger partial charge in [-0.05, 0) is 13.0 Å². The molecule has 1 aliphatic heterocycles. The van der Waals surface area contributed by atoms with Crippen molar-refractivity contribution in [2.45, 2.75) is 13.3 Å². The van der Waals surface area contributed by atoms with Crippen molar-refractivity contribution in [1.82, 2.24) is 15.3 Å². The molecule has 1 aromatic heterocycles. The van der Waals surface area contributed by atoms with Crippen LogP contribution in [0.1, 0.15) is 17.8 Å². The molecule has 17 heavy (non-hydrogen) atoms. The van der Waals surface area contributed by atoms with Gasteiger partial charge < -0.3 is 10.2 Å². The molecule has 1 amide bonds. The minimum atomic E-state index is 0.0423. The van der Waals surface area contributed by atoms with Crippen molar-refractivity contribution in [3.05, 3.63) is 17.5 Å². The van der Waals surface area contributed by atoms with Gasteiger partial charge in [-0.1, -0.05) is 0 Å². The summed E-state index contributed by atoms with van der Waals surface area (Å²) in [6.07, 6.45) is 0.430. The Bertz CT molecular complexity index is 479. The zero-order chi connectivity index (χ0) is 12.3. The number of aryl methyl sites for hydroxylation is 1. The quantitative estimate of drug-likeness (QED) is 0.734. The summed E-state index contributed by atoms with van der Waals surface area (Å²) in [7, 11) is 0. The number of nitrogens with zero attached hydrogens (tertiary/aromatic N) is 4. The normalized spacial score (nSPS) is 16.0. The maximum Gasteiger partial charge on any atom is 0.226 e. The van der Waals surface area contributed by atoms with E-state index in [0.717, 1.165) is 5.69 Å². The maximum atomic E-state index is 11.2. The van der Waals surface area contributed by atoms with E-state index in [1.807, 2.05) is 17.9 Å². The molecule has 1 saturated heterocycles. The molecule has 2 rings (SSSR count). The summed E-state index contributed by atoms with van der Waals surface area (Å²) in [5, 5.41) is 11.6. The summed E-state index contributed by atoms with van der Waals surface area (Å²) >= 11 is 0. The SMILES string of the molecule is Cc1cc(C#N)nc(N2CCNC(=O)CC2)n1. The first kappa shape index (κ1) is 11.3. The van der Waals surface area contributed by atoms with Crippen LogP contribution < -0.4 is 10.2 Å². The molecule has 6 nitrogen and oxygen atoms in total. The van der Waals surface area contributed by atoms with Crippen LogP contribution in [0, 0.1) is 18.3 Å². The number of nitrogens with one attached hydrogen (secondary N) is 1. The van der Waals surface area contributed by atoms with Crippen LogP contribution in [-0.4, -0.2) is 35.5 Å². The van der Waals surface area contributed by atoms with E-state index in [0.29, 0.717) is 37.7 Å². The fourth-order valence-corrected chi connectivity index (χ4v) is 1.72. The minimum Gasteiger partial charge on any atom is -0.354 e.